The molecule has 0 unspecified atom stereocenters. The van der Waals surface area contributed by atoms with Crippen molar-refractivity contribution in [1.82, 2.24) is 14.9 Å². The van der Waals surface area contributed by atoms with Gasteiger partial charge in [0.05, 0.1) is 23.9 Å². The van der Waals surface area contributed by atoms with Crippen molar-refractivity contribution in [2.75, 3.05) is 12.0 Å². The fraction of sp³-hybridized carbons (Fsp3) is 0.185. The molecular formula is C27H25ClN4OS. The van der Waals surface area contributed by atoms with E-state index in [4.69, 9.17) is 28.6 Å². The predicted molar refractivity (Wildman–Crippen MR) is 141 cm³/mol. The van der Waals surface area contributed by atoms with Crippen LogP contribution in [0.1, 0.15) is 34.6 Å². The average molecular weight is 489 g/mol. The lowest BCUT2D eigenvalue weighted by Crippen LogP contribution is -2.30. The molecule has 0 aliphatic carbocycles. The molecule has 1 saturated heterocycles. The molecule has 5 nitrogen and oxygen atoms in total. The number of aryl methyl sites for hydroxylation is 2. The molecule has 2 aromatic heterocycles. The third-order valence-electron chi connectivity index (χ3n) is 6.36. The number of ether oxygens (including phenoxy) is 1. The van der Waals surface area contributed by atoms with Crippen LogP contribution in [-0.2, 0) is 0 Å². The first kappa shape index (κ1) is 22.4. The Morgan fingerprint density at radius 2 is 1.79 bits per heavy atom. The van der Waals surface area contributed by atoms with Crippen molar-refractivity contribution < 1.29 is 4.74 Å². The number of pyridine rings is 1. The molecule has 0 bridgehead atoms. The molecule has 2 aromatic carbocycles. The molecule has 7 heteroatoms. The third kappa shape index (κ3) is 3.93. The summed E-state index contributed by atoms with van der Waals surface area (Å²) in [5.74, 6) is 0.625. The van der Waals surface area contributed by atoms with Crippen LogP contribution in [0.15, 0.2) is 79.1 Å². The van der Waals surface area contributed by atoms with Crippen LogP contribution in [0.4, 0.5) is 5.69 Å². The molecule has 34 heavy (non-hydrogen) atoms. The Morgan fingerprint density at radius 3 is 2.50 bits per heavy atom. The Balaban J connectivity index is 1.67. The molecule has 3 heterocycles. The van der Waals surface area contributed by atoms with Crippen LogP contribution in [0.5, 0.6) is 5.75 Å². The van der Waals surface area contributed by atoms with Crippen molar-refractivity contribution in [1.29, 1.82) is 0 Å². The highest BCUT2D eigenvalue weighted by atomic mass is 35.5. The smallest absolute Gasteiger partial charge is 0.174 e. The number of halogens is 1. The number of hydrogen-bond acceptors (Lipinski definition) is 3. The summed E-state index contributed by atoms with van der Waals surface area (Å²) in [5, 5.41) is 4.67. The van der Waals surface area contributed by atoms with E-state index in [0.717, 1.165) is 22.8 Å². The molecular weight excluding hydrogens is 464 g/mol. The van der Waals surface area contributed by atoms with Gasteiger partial charge < -0.3 is 19.5 Å². The van der Waals surface area contributed by atoms with Crippen LogP contribution in [0.3, 0.4) is 0 Å². The van der Waals surface area contributed by atoms with Crippen LogP contribution in [0.2, 0.25) is 5.02 Å². The van der Waals surface area contributed by atoms with Crippen molar-refractivity contribution in [2.24, 2.45) is 0 Å². The van der Waals surface area contributed by atoms with Crippen LogP contribution in [0.25, 0.3) is 5.69 Å². The van der Waals surface area contributed by atoms with Crippen LogP contribution < -0.4 is 15.0 Å². The van der Waals surface area contributed by atoms with Crippen molar-refractivity contribution in [3.05, 3.63) is 107 Å². The SMILES string of the molecule is COc1ccc(N2C(=S)N[C@@H](c3ccccn3)[C@@H]2c2cccn2-c2ccc(C)c(C)c2)cc1Cl. The molecule has 0 saturated carbocycles. The molecule has 0 amide bonds. The summed E-state index contributed by atoms with van der Waals surface area (Å²) < 4.78 is 7.59. The standard InChI is InChI=1S/C27H25ClN4OS/c1-17-9-10-19(15-18(17)2)31-14-6-8-23(31)26-25(22-7-4-5-13-29-22)30-27(34)32(26)20-11-12-24(33-3)21(28)16-20/h4-16,25-26H,1-3H3,(H,30,34)/t25-,26-/m0/s1. The molecule has 1 N–H and O–H groups in total. The molecule has 0 radical (unpaired) electrons. The Morgan fingerprint density at radius 1 is 0.971 bits per heavy atom. The molecule has 5 rings (SSSR count). The van der Waals surface area contributed by atoms with Gasteiger partial charge in [0.25, 0.3) is 0 Å². The van der Waals surface area contributed by atoms with Crippen molar-refractivity contribution in [3.63, 3.8) is 0 Å². The van der Waals surface area contributed by atoms with Gasteiger partial charge in [-0.25, -0.2) is 0 Å². The summed E-state index contributed by atoms with van der Waals surface area (Å²) >= 11 is 12.4. The minimum Gasteiger partial charge on any atom is -0.495 e. The molecule has 1 aliphatic rings. The third-order valence-corrected chi connectivity index (χ3v) is 6.97. The van der Waals surface area contributed by atoms with Crippen LogP contribution in [0, 0.1) is 13.8 Å². The van der Waals surface area contributed by atoms with Crippen molar-refractivity contribution in [3.8, 4) is 11.4 Å². The summed E-state index contributed by atoms with van der Waals surface area (Å²) in [6.45, 7) is 4.26. The highest BCUT2D eigenvalue weighted by molar-refractivity contribution is 7.80. The molecule has 172 valence electrons. The monoisotopic (exact) mass is 488 g/mol. The number of benzene rings is 2. The van der Waals surface area contributed by atoms with E-state index in [1.54, 1.807) is 7.11 Å². The van der Waals surface area contributed by atoms with Crippen LogP contribution in [-0.4, -0.2) is 21.8 Å². The Hall–Kier alpha value is -3.35. The second kappa shape index (κ2) is 9.12. The summed E-state index contributed by atoms with van der Waals surface area (Å²) in [7, 11) is 1.61. The summed E-state index contributed by atoms with van der Waals surface area (Å²) in [6.07, 6.45) is 3.90. The van der Waals surface area contributed by atoms with Gasteiger partial charge in [-0.15, -0.1) is 0 Å². The summed E-state index contributed by atoms with van der Waals surface area (Å²) in [6, 6.07) is 22.1. The van der Waals surface area contributed by atoms with Gasteiger partial charge in [-0.2, -0.15) is 0 Å². The fourth-order valence-corrected chi connectivity index (χ4v) is 5.08. The minimum atomic E-state index is -0.150. The number of hydrogen-bond donors (Lipinski definition) is 1. The van der Waals surface area contributed by atoms with E-state index in [-0.39, 0.29) is 12.1 Å². The van der Waals surface area contributed by atoms with E-state index in [1.165, 1.54) is 11.1 Å². The zero-order valence-corrected chi connectivity index (χ0v) is 20.8. The summed E-state index contributed by atoms with van der Waals surface area (Å²) in [5.41, 5.74) is 6.52. The Kier molecular flexibility index (Phi) is 6.02. The van der Waals surface area contributed by atoms with Gasteiger partial charge in [-0.3, -0.25) is 4.98 Å². The lowest BCUT2D eigenvalue weighted by molar-refractivity contribution is 0.415. The van der Waals surface area contributed by atoms with E-state index >= 15 is 0 Å². The number of methoxy groups -OCH3 is 1. The molecule has 4 aromatic rings. The molecule has 1 aliphatic heterocycles. The first-order valence-corrected chi connectivity index (χ1v) is 11.9. The van der Waals surface area contributed by atoms with E-state index in [2.05, 4.69) is 70.1 Å². The number of nitrogens with one attached hydrogen (secondary N) is 1. The number of anilines is 1. The normalized spacial score (nSPS) is 17.6. The fourth-order valence-electron chi connectivity index (χ4n) is 4.48. The largest absolute Gasteiger partial charge is 0.495 e. The van der Waals surface area contributed by atoms with Gasteiger partial charge in [0.2, 0.25) is 0 Å². The van der Waals surface area contributed by atoms with Crippen molar-refractivity contribution >= 4 is 34.6 Å². The lowest BCUT2D eigenvalue weighted by Gasteiger charge is -2.29. The minimum absolute atomic E-state index is 0.144. The van der Waals surface area contributed by atoms with Gasteiger partial charge in [0.15, 0.2) is 5.11 Å². The highest BCUT2D eigenvalue weighted by Gasteiger charge is 2.42. The van der Waals surface area contributed by atoms with Crippen molar-refractivity contribution in [2.45, 2.75) is 25.9 Å². The van der Waals surface area contributed by atoms with Gasteiger partial charge in [-0.05, 0) is 91.8 Å². The number of thiocarbonyl (C=S) groups is 1. The first-order chi connectivity index (χ1) is 16.5. The van der Waals surface area contributed by atoms with E-state index in [9.17, 15) is 0 Å². The lowest BCUT2D eigenvalue weighted by atomic mass is 10.0. The van der Waals surface area contributed by atoms with Crippen LogP contribution >= 0.6 is 23.8 Å². The second-order valence-electron chi connectivity index (χ2n) is 8.39. The maximum absolute atomic E-state index is 6.51. The quantitative estimate of drug-likeness (QED) is 0.332. The van der Waals surface area contributed by atoms with Gasteiger partial charge in [-0.1, -0.05) is 23.7 Å². The molecule has 0 spiro atoms. The average Bonchev–Trinajstić information content (AvgIpc) is 3.45. The Bertz CT molecular complexity index is 1350. The zero-order valence-electron chi connectivity index (χ0n) is 19.2. The number of aromatic nitrogens is 2. The molecule has 1 fully saturated rings. The first-order valence-electron chi connectivity index (χ1n) is 11.1. The second-order valence-corrected chi connectivity index (χ2v) is 9.18. The molecule has 2 atom stereocenters. The van der Waals surface area contributed by atoms with Gasteiger partial charge in [0.1, 0.15) is 11.8 Å². The van der Waals surface area contributed by atoms with Gasteiger partial charge >= 0.3 is 0 Å². The van der Waals surface area contributed by atoms with Gasteiger partial charge in [0, 0.05) is 29.5 Å². The van der Waals surface area contributed by atoms with E-state index in [1.807, 2.05) is 42.6 Å². The number of rotatable bonds is 5. The maximum atomic E-state index is 6.51. The zero-order chi connectivity index (χ0) is 23.8. The highest BCUT2D eigenvalue weighted by Crippen LogP contribution is 2.43. The predicted octanol–water partition coefficient (Wildman–Crippen LogP) is 6.33. The van der Waals surface area contributed by atoms with E-state index in [0.29, 0.717) is 15.9 Å². The summed E-state index contributed by atoms with van der Waals surface area (Å²) in [4.78, 5) is 6.77. The maximum Gasteiger partial charge on any atom is 0.174 e. The number of nitrogens with zero attached hydrogens (tertiary/aromatic N) is 3. The van der Waals surface area contributed by atoms with E-state index < -0.39 is 0 Å². The topological polar surface area (TPSA) is 42.3 Å². The Labute approximate surface area is 210 Å².